The van der Waals surface area contributed by atoms with Gasteiger partial charge in [0.15, 0.2) is 11.6 Å². The van der Waals surface area contributed by atoms with Crippen LogP contribution in [0.2, 0.25) is 0 Å². The second kappa shape index (κ2) is 12.1. The van der Waals surface area contributed by atoms with E-state index in [1.54, 1.807) is 0 Å². The molecule has 0 fully saturated rings. The van der Waals surface area contributed by atoms with Gasteiger partial charge in [-0.05, 0) is 153 Å². The number of rotatable bonds is 1. The molecular weight excluding hydrogens is 851 g/mol. The van der Waals surface area contributed by atoms with E-state index >= 15 is 9.59 Å². The van der Waals surface area contributed by atoms with E-state index in [0.717, 1.165) is 88.2 Å². The highest BCUT2D eigenvalue weighted by atomic mass is 16.1. The van der Waals surface area contributed by atoms with E-state index in [4.69, 9.17) is 0 Å². The van der Waals surface area contributed by atoms with E-state index in [9.17, 15) is 0 Å². The van der Waals surface area contributed by atoms with Crippen molar-refractivity contribution < 1.29 is 9.59 Å². The molecule has 4 bridgehead atoms. The van der Waals surface area contributed by atoms with Crippen molar-refractivity contribution in [3.8, 4) is 22.3 Å². The van der Waals surface area contributed by atoms with Crippen LogP contribution in [0.1, 0.15) is 129 Å². The smallest absolute Gasteiger partial charge is 0.177 e. The first-order valence-corrected chi connectivity index (χ1v) is 24.9. The van der Waals surface area contributed by atoms with Crippen molar-refractivity contribution in [2.45, 2.75) is 68.6 Å². The Morgan fingerprint density at radius 3 is 1.10 bits per heavy atom. The number of carbonyl (C=O) groups excluding carboxylic acids is 2. The normalized spacial score (nSPS) is 23.7. The number of hydrogen-bond donors (Lipinski definition) is 0. The van der Waals surface area contributed by atoms with Crippen LogP contribution in [0.15, 0.2) is 176 Å². The Balaban J connectivity index is 1.07. The van der Waals surface area contributed by atoms with Gasteiger partial charge in [0.1, 0.15) is 0 Å². The average molecular weight is 898 g/mol. The summed E-state index contributed by atoms with van der Waals surface area (Å²) in [4.78, 5) is 31.8. The predicted molar refractivity (Wildman–Crippen MR) is 283 cm³/mol. The molecule has 0 radical (unpaired) electrons. The van der Waals surface area contributed by atoms with Gasteiger partial charge in [0.25, 0.3) is 0 Å². The number of ketones is 2. The molecule has 9 aromatic carbocycles. The Bertz CT molecular complexity index is 4010. The van der Waals surface area contributed by atoms with Gasteiger partial charge in [-0.1, -0.05) is 153 Å². The van der Waals surface area contributed by atoms with Crippen LogP contribution < -0.4 is 0 Å². The quantitative estimate of drug-likeness (QED) is 0.165. The molecule has 70 heavy (non-hydrogen) atoms. The Morgan fingerprint density at radius 2 is 0.671 bits per heavy atom. The number of aromatic nitrogens is 1. The van der Waals surface area contributed by atoms with Crippen molar-refractivity contribution in [1.29, 1.82) is 0 Å². The van der Waals surface area contributed by atoms with E-state index in [1.165, 1.54) is 50.1 Å². The zero-order chi connectivity index (χ0) is 47.2. The summed E-state index contributed by atoms with van der Waals surface area (Å²) in [5.74, 6) is 0.240. The molecule has 332 valence electrons. The van der Waals surface area contributed by atoms with E-state index in [-0.39, 0.29) is 17.0 Å². The highest BCUT2D eigenvalue weighted by Gasteiger charge is 2.57. The zero-order valence-corrected chi connectivity index (χ0v) is 40.0. The Morgan fingerprint density at radius 1 is 0.314 bits per heavy atom. The minimum absolute atomic E-state index is 0.120. The van der Waals surface area contributed by atoms with Crippen molar-refractivity contribution in [2.24, 2.45) is 0 Å². The molecule has 18 rings (SSSR count). The third-order valence-electron chi connectivity index (χ3n) is 19.1. The van der Waals surface area contributed by atoms with Crippen LogP contribution in [0.5, 0.6) is 0 Å². The fourth-order valence-corrected chi connectivity index (χ4v) is 15.7. The van der Waals surface area contributed by atoms with Crippen LogP contribution in [0.25, 0.3) is 60.3 Å². The van der Waals surface area contributed by atoms with Gasteiger partial charge >= 0.3 is 0 Å². The molecule has 0 saturated carbocycles. The number of hydrogen-bond acceptors (Lipinski definition) is 2. The van der Waals surface area contributed by atoms with E-state index < -0.39 is 21.7 Å². The van der Waals surface area contributed by atoms with Gasteiger partial charge in [0.05, 0.1) is 27.4 Å². The summed E-state index contributed by atoms with van der Waals surface area (Å²) in [5, 5.41) is 4.51. The zero-order valence-electron chi connectivity index (χ0n) is 40.0. The van der Waals surface area contributed by atoms with Gasteiger partial charge in [-0.25, -0.2) is 0 Å². The summed E-state index contributed by atoms with van der Waals surface area (Å²) in [6.07, 6.45) is 0. The first-order valence-electron chi connectivity index (χ1n) is 24.9. The van der Waals surface area contributed by atoms with E-state index in [2.05, 4.69) is 222 Å². The van der Waals surface area contributed by atoms with E-state index in [1.807, 2.05) is 0 Å². The molecule has 7 aliphatic rings. The molecule has 0 atom stereocenters. The molecule has 2 heterocycles. The minimum Gasteiger partial charge on any atom is -0.308 e. The molecule has 0 amide bonds. The molecule has 0 N–H and O–H groups in total. The van der Waals surface area contributed by atoms with Crippen molar-refractivity contribution in [3.63, 3.8) is 0 Å². The molecule has 0 saturated heterocycles. The third-order valence-corrected chi connectivity index (χ3v) is 19.1. The molecular formula is C67H47NO2. The lowest BCUT2D eigenvalue weighted by Crippen LogP contribution is -2.40. The maximum atomic E-state index is 15.9. The highest BCUT2D eigenvalue weighted by Crippen LogP contribution is 2.61. The number of benzene rings is 9. The molecule has 2 aromatic heterocycles. The first kappa shape index (κ1) is 39.0. The van der Waals surface area contributed by atoms with Gasteiger partial charge in [-0.15, -0.1) is 0 Å². The van der Waals surface area contributed by atoms with E-state index in [0.29, 0.717) is 0 Å². The fourth-order valence-electron chi connectivity index (χ4n) is 15.7. The van der Waals surface area contributed by atoms with Crippen LogP contribution in [0.4, 0.5) is 0 Å². The predicted octanol–water partition coefficient (Wildman–Crippen LogP) is 15.1. The molecule has 0 unspecified atom stereocenters. The number of carbonyl (C=O) groups is 2. The molecule has 3 heteroatoms. The number of nitrogens with zero attached hydrogens (tertiary/aromatic N) is 1. The number of Topliss-reactive ketones (excluding diaryl/α,β-unsaturated/α-hetero) is 2. The lowest BCUT2D eigenvalue weighted by molar-refractivity contribution is 0.0916. The van der Waals surface area contributed by atoms with Crippen LogP contribution >= 0.6 is 0 Å². The Labute approximate surface area is 406 Å². The first-order chi connectivity index (χ1) is 33.8. The second-order valence-corrected chi connectivity index (χ2v) is 22.3. The van der Waals surface area contributed by atoms with Gasteiger partial charge in [0.2, 0.25) is 0 Å². The maximum absolute atomic E-state index is 15.9. The van der Waals surface area contributed by atoms with Crippen LogP contribution in [0, 0.1) is 0 Å². The van der Waals surface area contributed by atoms with Crippen LogP contribution in [0.3, 0.4) is 0 Å². The molecule has 7 aliphatic carbocycles. The monoisotopic (exact) mass is 897 g/mol. The fraction of sp³-hybridized carbons (Fsp3) is 0.164. The molecule has 0 spiro atoms. The lowest BCUT2D eigenvalue weighted by atomic mass is 9.59. The summed E-state index contributed by atoms with van der Waals surface area (Å²) in [7, 11) is 0. The summed E-state index contributed by atoms with van der Waals surface area (Å²) >= 11 is 0. The standard InChI is InChI=1S/C67H47NO2/c1-63(2)46-21-8-7-18-38(46)39-20-17-19-37(59(39)63)36-30-42-40-32-55-44(61(69)66(5)51-26-13-9-22-47(51)64(55,3)48-23-10-14-27-52(48)66)34-57(40)68-58-35-45-56(33-41(58)43(31-36)60(42)68)65(4)49-24-11-15-28-53(49)67(6,62(45)70)54-29-16-12-25-50(54)65/h7-35H,1-6H3. The van der Waals surface area contributed by atoms with Crippen LogP contribution in [-0.2, 0) is 27.1 Å². The molecule has 11 aromatic rings. The maximum Gasteiger partial charge on any atom is 0.177 e. The second-order valence-electron chi connectivity index (χ2n) is 22.3. The van der Waals surface area contributed by atoms with Crippen molar-refractivity contribution in [1.82, 2.24) is 4.40 Å². The van der Waals surface area contributed by atoms with Gasteiger partial charge in [-0.2, -0.15) is 0 Å². The molecule has 0 aliphatic heterocycles. The summed E-state index contributed by atoms with van der Waals surface area (Å²) in [6, 6.07) is 64.4. The summed E-state index contributed by atoms with van der Waals surface area (Å²) in [6.45, 7) is 13.7. The Kier molecular flexibility index (Phi) is 6.74. The lowest BCUT2D eigenvalue weighted by Gasteiger charge is -2.43. The topological polar surface area (TPSA) is 38.5 Å². The largest absolute Gasteiger partial charge is 0.308 e. The summed E-state index contributed by atoms with van der Waals surface area (Å²) < 4.78 is 2.41. The van der Waals surface area contributed by atoms with Gasteiger partial charge < -0.3 is 4.40 Å². The average Bonchev–Trinajstić information content (AvgIpc) is 3.93. The van der Waals surface area contributed by atoms with Crippen molar-refractivity contribution in [3.05, 3.63) is 254 Å². The van der Waals surface area contributed by atoms with Crippen LogP contribution in [-0.4, -0.2) is 16.0 Å². The molecule has 3 nitrogen and oxygen atoms in total. The number of fused-ring (bicyclic) bond motifs is 9. The minimum atomic E-state index is -0.880. The van der Waals surface area contributed by atoms with Gasteiger partial charge in [0, 0.05) is 48.9 Å². The van der Waals surface area contributed by atoms with Crippen molar-refractivity contribution >= 4 is 49.7 Å². The highest BCUT2D eigenvalue weighted by molar-refractivity contribution is 6.27. The van der Waals surface area contributed by atoms with Crippen molar-refractivity contribution in [2.75, 3.05) is 0 Å². The van der Waals surface area contributed by atoms with Gasteiger partial charge in [-0.3, -0.25) is 9.59 Å². The third kappa shape index (κ3) is 4.00. The summed E-state index contributed by atoms with van der Waals surface area (Å²) in [5.41, 5.74) is 20.2. The Hall–Kier alpha value is -7.88. The SMILES string of the molecule is CC1(C)c2ccccc2-c2cccc(-c3cc4c5cc6c(cc5n5c7cc8c(cc7c(c3)c45)C3(C)c4ccccc4C(C)(C8=O)c4ccccc43)C(=O)C3(C)c4ccccc4C6(C)c4ccccc43)c21.